The van der Waals surface area contributed by atoms with Crippen LogP contribution in [0.25, 0.3) is 0 Å². The van der Waals surface area contributed by atoms with E-state index in [0.29, 0.717) is 32.5 Å². The van der Waals surface area contributed by atoms with Gasteiger partial charge in [-0.3, -0.25) is 0 Å². The maximum atomic E-state index is 5.50. The number of hydrogen-bond donors (Lipinski definition) is 1. The Labute approximate surface area is 121 Å². The lowest BCUT2D eigenvalue weighted by atomic mass is 10.3. The molecule has 1 N–H and O–H groups in total. The topological polar surface area (TPSA) is 39.7 Å². The van der Waals surface area contributed by atoms with Crippen LogP contribution in [0.2, 0.25) is 0 Å². The standard InChI is InChI=1S/C14H29NO3S/c1-2-3-6-16-8-10-18-11-9-17-7-5-15-14-4-12-19-13-14/h14-15H,2-13H2,1H3. The van der Waals surface area contributed by atoms with Crippen LogP contribution < -0.4 is 5.32 Å². The predicted molar refractivity (Wildman–Crippen MR) is 81.1 cm³/mol. The highest BCUT2D eigenvalue weighted by Crippen LogP contribution is 2.16. The Kier molecular flexibility index (Phi) is 12.0. The molecule has 114 valence electrons. The molecule has 0 aromatic heterocycles. The van der Waals surface area contributed by atoms with E-state index < -0.39 is 0 Å². The van der Waals surface area contributed by atoms with Gasteiger partial charge in [-0.15, -0.1) is 0 Å². The molecule has 0 bridgehead atoms. The Morgan fingerprint density at radius 2 is 1.68 bits per heavy atom. The van der Waals surface area contributed by atoms with Gasteiger partial charge in [0.1, 0.15) is 0 Å². The summed E-state index contributed by atoms with van der Waals surface area (Å²) in [6, 6.07) is 0.699. The summed E-state index contributed by atoms with van der Waals surface area (Å²) in [7, 11) is 0. The van der Waals surface area contributed by atoms with Crippen molar-refractivity contribution in [2.45, 2.75) is 32.2 Å². The zero-order valence-corrected chi connectivity index (χ0v) is 13.0. The minimum Gasteiger partial charge on any atom is -0.379 e. The normalized spacial score (nSPS) is 19.1. The number of nitrogens with one attached hydrogen (secondary N) is 1. The third kappa shape index (κ3) is 10.6. The van der Waals surface area contributed by atoms with Crippen LogP contribution in [0.3, 0.4) is 0 Å². The van der Waals surface area contributed by atoms with Gasteiger partial charge in [-0.2, -0.15) is 11.8 Å². The molecule has 1 heterocycles. The second-order valence-corrected chi connectivity index (χ2v) is 5.86. The zero-order valence-electron chi connectivity index (χ0n) is 12.2. The fraction of sp³-hybridized carbons (Fsp3) is 1.00. The Morgan fingerprint density at radius 3 is 2.32 bits per heavy atom. The van der Waals surface area contributed by atoms with E-state index in [1.54, 1.807) is 0 Å². The lowest BCUT2D eigenvalue weighted by molar-refractivity contribution is 0.0144. The fourth-order valence-corrected chi connectivity index (χ4v) is 3.01. The Morgan fingerprint density at radius 1 is 1.00 bits per heavy atom. The molecule has 1 atom stereocenters. The first-order valence-electron chi connectivity index (χ1n) is 7.48. The fourth-order valence-electron chi connectivity index (χ4n) is 1.82. The number of rotatable bonds is 13. The van der Waals surface area contributed by atoms with Crippen molar-refractivity contribution in [3.8, 4) is 0 Å². The summed E-state index contributed by atoms with van der Waals surface area (Å²) in [5.41, 5.74) is 0. The minimum absolute atomic E-state index is 0.663. The molecule has 1 saturated heterocycles. The molecule has 0 aromatic carbocycles. The monoisotopic (exact) mass is 291 g/mol. The van der Waals surface area contributed by atoms with Gasteiger partial charge in [-0.25, -0.2) is 0 Å². The Hall–Kier alpha value is 0.190. The van der Waals surface area contributed by atoms with Crippen LogP contribution in [0.15, 0.2) is 0 Å². The van der Waals surface area contributed by atoms with E-state index in [-0.39, 0.29) is 0 Å². The second-order valence-electron chi connectivity index (χ2n) is 4.71. The molecule has 1 rings (SSSR count). The maximum absolute atomic E-state index is 5.50. The Bertz CT molecular complexity index is 190. The lowest BCUT2D eigenvalue weighted by Crippen LogP contribution is -2.31. The highest BCUT2D eigenvalue weighted by molar-refractivity contribution is 7.99. The predicted octanol–water partition coefficient (Wildman–Crippen LogP) is 1.93. The van der Waals surface area contributed by atoms with Crippen LogP contribution in [-0.2, 0) is 14.2 Å². The lowest BCUT2D eigenvalue weighted by Gasteiger charge is -2.11. The quantitative estimate of drug-likeness (QED) is 0.525. The van der Waals surface area contributed by atoms with Crippen LogP contribution in [-0.4, -0.2) is 63.7 Å². The molecular weight excluding hydrogens is 262 g/mol. The van der Waals surface area contributed by atoms with Crippen molar-refractivity contribution in [1.82, 2.24) is 5.32 Å². The highest BCUT2D eigenvalue weighted by atomic mass is 32.2. The average Bonchev–Trinajstić information content (AvgIpc) is 2.93. The summed E-state index contributed by atoms with van der Waals surface area (Å²) in [6.07, 6.45) is 3.61. The van der Waals surface area contributed by atoms with Gasteiger partial charge in [0.25, 0.3) is 0 Å². The summed E-state index contributed by atoms with van der Waals surface area (Å²) in [4.78, 5) is 0. The molecule has 0 radical (unpaired) electrons. The van der Waals surface area contributed by atoms with E-state index in [2.05, 4.69) is 12.2 Å². The van der Waals surface area contributed by atoms with E-state index >= 15 is 0 Å². The van der Waals surface area contributed by atoms with E-state index in [9.17, 15) is 0 Å². The summed E-state index contributed by atoms with van der Waals surface area (Å²) in [5.74, 6) is 2.55. The molecule has 0 aliphatic carbocycles. The summed E-state index contributed by atoms with van der Waals surface area (Å²) in [5, 5.41) is 3.51. The van der Waals surface area contributed by atoms with Gasteiger partial charge in [0, 0.05) is 24.9 Å². The number of hydrogen-bond acceptors (Lipinski definition) is 5. The van der Waals surface area contributed by atoms with Crippen LogP contribution in [0, 0.1) is 0 Å². The van der Waals surface area contributed by atoms with Gasteiger partial charge in [-0.1, -0.05) is 13.3 Å². The van der Waals surface area contributed by atoms with Gasteiger partial charge < -0.3 is 19.5 Å². The summed E-state index contributed by atoms with van der Waals surface area (Å²) in [6.45, 7) is 7.44. The molecule has 0 saturated carbocycles. The van der Waals surface area contributed by atoms with Crippen molar-refractivity contribution in [3.63, 3.8) is 0 Å². The zero-order chi connectivity index (χ0) is 13.6. The summed E-state index contributed by atoms with van der Waals surface area (Å²) >= 11 is 2.03. The van der Waals surface area contributed by atoms with Crippen molar-refractivity contribution < 1.29 is 14.2 Å². The van der Waals surface area contributed by atoms with Crippen LogP contribution >= 0.6 is 11.8 Å². The molecule has 0 spiro atoms. The van der Waals surface area contributed by atoms with Gasteiger partial charge >= 0.3 is 0 Å². The van der Waals surface area contributed by atoms with Crippen LogP contribution in [0.5, 0.6) is 0 Å². The summed E-state index contributed by atoms with van der Waals surface area (Å²) < 4.78 is 16.3. The number of thioether (sulfide) groups is 1. The first-order valence-corrected chi connectivity index (χ1v) is 8.63. The van der Waals surface area contributed by atoms with Gasteiger partial charge in [0.05, 0.1) is 33.0 Å². The van der Waals surface area contributed by atoms with Crippen LogP contribution in [0.1, 0.15) is 26.2 Å². The minimum atomic E-state index is 0.663. The molecule has 19 heavy (non-hydrogen) atoms. The van der Waals surface area contributed by atoms with Crippen molar-refractivity contribution in [2.75, 3.05) is 57.7 Å². The molecule has 1 fully saturated rings. The van der Waals surface area contributed by atoms with Gasteiger partial charge in [0.2, 0.25) is 0 Å². The van der Waals surface area contributed by atoms with E-state index in [0.717, 1.165) is 26.2 Å². The van der Waals surface area contributed by atoms with E-state index in [4.69, 9.17) is 14.2 Å². The molecule has 0 amide bonds. The Balaban J connectivity index is 1.67. The smallest absolute Gasteiger partial charge is 0.0701 e. The number of ether oxygens (including phenoxy) is 3. The highest BCUT2D eigenvalue weighted by Gasteiger charge is 2.13. The molecule has 1 aliphatic heterocycles. The average molecular weight is 291 g/mol. The van der Waals surface area contributed by atoms with E-state index in [1.165, 1.54) is 24.3 Å². The van der Waals surface area contributed by atoms with Crippen molar-refractivity contribution in [1.29, 1.82) is 0 Å². The van der Waals surface area contributed by atoms with Crippen molar-refractivity contribution in [3.05, 3.63) is 0 Å². The molecule has 1 unspecified atom stereocenters. The second kappa shape index (κ2) is 13.2. The van der Waals surface area contributed by atoms with Crippen molar-refractivity contribution in [2.24, 2.45) is 0 Å². The molecule has 1 aliphatic rings. The largest absolute Gasteiger partial charge is 0.379 e. The van der Waals surface area contributed by atoms with Crippen LogP contribution in [0.4, 0.5) is 0 Å². The third-order valence-corrected chi connectivity index (χ3v) is 4.16. The molecule has 0 aromatic rings. The van der Waals surface area contributed by atoms with Gasteiger partial charge in [-0.05, 0) is 18.6 Å². The third-order valence-electron chi connectivity index (χ3n) is 3.00. The SMILES string of the molecule is CCCCOCCOCCOCCNC1CCSC1. The molecule has 4 nitrogen and oxygen atoms in total. The molecule has 5 heteroatoms. The first kappa shape index (κ1) is 17.2. The molecular formula is C14H29NO3S. The first-order chi connectivity index (χ1) is 9.43. The number of unbranched alkanes of at least 4 members (excludes halogenated alkanes) is 1. The van der Waals surface area contributed by atoms with E-state index in [1.807, 2.05) is 11.8 Å². The maximum Gasteiger partial charge on any atom is 0.0701 e. The van der Waals surface area contributed by atoms with Gasteiger partial charge in [0.15, 0.2) is 0 Å². The van der Waals surface area contributed by atoms with Crippen molar-refractivity contribution >= 4 is 11.8 Å².